The average Bonchev–Trinajstić information content (AvgIpc) is 3.62. The average molecular weight is 524 g/mol. The van der Waals surface area contributed by atoms with E-state index >= 15 is 0 Å². The third-order valence-corrected chi connectivity index (χ3v) is 8.04. The standard InChI is InChI=1S/C26H23ClFN5O2S/c27-23-20-8-11-33(19-3-1-16(28)2-4-19)22(20)6-5-21(23)25(34)32-14-18(15-32)30-17-7-10-31(13-17)26(35)24-29-9-12-36-24/h1-6,8-9,11-12,17-18,30H,7,10,13-15H2. The van der Waals surface area contributed by atoms with Gasteiger partial charge in [-0.15, -0.1) is 11.3 Å². The summed E-state index contributed by atoms with van der Waals surface area (Å²) in [5.74, 6) is -0.405. The van der Waals surface area contributed by atoms with E-state index in [1.807, 2.05) is 33.2 Å². The Labute approximate surface area is 216 Å². The molecule has 2 aliphatic rings. The molecule has 7 nitrogen and oxygen atoms in total. The molecule has 184 valence electrons. The molecule has 1 unspecified atom stereocenters. The molecule has 1 atom stereocenters. The molecule has 2 saturated heterocycles. The quantitative estimate of drug-likeness (QED) is 0.425. The van der Waals surface area contributed by atoms with Gasteiger partial charge in [0.05, 0.1) is 16.1 Å². The highest BCUT2D eigenvalue weighted by Crippen LogP contribution is 2.32. The number of hydrogen-bond acceptors (Lipinski definition) is 5. The first kappa shape index (κ1) is 23.1. The zero-order chi connectivity index (χ0) is 24.8. The van der Waals surface area contributed by atoms with Crippen molar-refractivity contribution in [1.29, 1.82) is 0 Å². The molecule has 4 aromatic rings. The van der Waals surface area contributed by atoms with Gasteiger partial charge in [0.1, 0.15) is 5.82 Å². The molecule has 2 fully saturated rings. The van der Waals surface area contributed by atoms with Gasteiger partial charge in [0.15, 0.2) is 5.01 Å². The van der Waals surface area contributed by atoms with Gasteiger partial charge in [-0.3, -0.25) is 9.59 Å². The number of carbonyl (C=O) groups excluding carboxylic acids is 2. The summed E-state index contributed by atoms with van der Waals surface area (Å²) in [6, 6.07) is 12.1. The number of carbonyl (C=O) groups is 2. The van der Waals surface area contributed by atoms with E-state index < -0.39 is 0 Å². The van der Waals surface area contributed by atoms with Crippen molar-refractivity contribution in [2.45, 2.75) is 18.5 Å². The van der Waals surface area contributed by atoms with Crippen LogP contribution < -0.4 is 5.32 Å². The fourth-order valence-electron chi connectivity index (χ4n) is 4.97. The van der Waals surface area contributed by atoms with Crippen LogP contribution in [0.25, 0.3) is 16.6 Å². The highest BCUT2D eigenvalue weighted by Gasteiger charge is 2.36. The second-order valence-corrected chi connectivity index (χ2v) is 10.4. The number of nitrogens with one attached hydrogen (secondary N) is 1. The third kappa shape index (κ3) is 4.17. The SMILES string of the molecule is O=C(c1nccs1)N1CCC(NC2CN(C(=O)c3ccc4c(ccn4-c4ccc(F)cc4)c3Cl)C2)C1. The lowest BCUT2D eigenvalue weighted by atomic mass is 10.0. The predicted octanol–water partition coefficient (Wildman–Crippen LogP) is 4.21. The molecule has 0 aliphatic carbocycles. The Bertz CT molecular complexity index is 1430. The summed E-state index contributed by atoms with van der Waals surface area (Å²) >= 11 is 8.03. The van der Waals surface area contributed by atoms with E-state index in [9.17, 15) is 14.0 Å². The first-order valence-corrected chi connectivity index (χ1v) is 13.0. The van der Waals surface area contributed by atoms with Crippen LogP contribution in [0.4, 0.5) is 4.39 Å². The molecule has 0 bridgehead atoms. The van der Waals surface area contributed by atoms with Gasteiger partial charge in [0.2, 0.25) is 0 Å². The Hall–Kier alpha value is -3.27. The molecule has 2 amide bonds. The summed E-state index contributed by atoms with van der Waals surface area (Å²) in [5.41, 5.74) is 2.14. The largest absolute Gasteiger partial charge is 0.335 e. The van der Waals surface area contributed by atoms with E-state index in [1.165, 1.54) is 23.5 Å². The summed E-state index contributed by atoms with van der Waals surface area (Å²) in [6.45, 7) is 2.55. The van der Waals surface area contributed by atoms with Gasteiger partial charge in [-0.1, -0.05) is 11.6 Å². The molecule has 36 heavy (non-hydrogen) atoms. The summed E-state index contributed by atoms with van der Waals surface area (Å²) in [5, 5.41) is 7.11. The summed E-state index contributed by atoms with van der Waals surface area (Å²) < 4.78 is 15.2. The van der Waals surface area contributed by atoms with E-state index in [2.05, 4.69) is 10.3 Å². The molecule has 2 aromatic carbocycles. The number of rotatable bonds is 5. The van der Waals surface area contributed by atoms with E-state index in [4.69, 9.17) is 11.6 Å². The number of fused-ring (bicyclic) bond motifs is 1. The number of thiazole rings is 1. The van der Waals surface area contributed by atoms with Crippen molar-refractivity contribution >= 4 is 45.7 Å². The number of benzene rings is 2. The van der Waals surface area contributed by atoms with Crippen molar-refractivity contribution in [3.05, 3.63) is 81.6 Å². The maximum absolute atomic E-state index is 13.3. The van der Waals surface area contributed by atoms with Gasteiger partial charge < -0.3 is 19.7 Å². The molecule has 4 heterocycles. The Morgan fingerprint density at radius 2 is 1.78 bits per heavy atom. The predicted molar refractivity (Wildman–Crippen MR) is 137 cm³/mol. The van der Waals surface area contributed by atoms with Gasteiger partial charge in [-0.05, 0) is 48.9 Å². The lowest BCUT2D eigenvalue weighted by Gasteiger charge is -2.41. The second kappa shape index (κ2) is 9.31. The summed E-state index contributed by atoms with van der Waals surface area (Å²) in [4.78, 5) is 33.4. The summed E-state index contributed by atoms with van der Waals surface area (Å²) in [6.07, 6.45) is 4.40. The molecule has 6 rings (SSSR count). The van der Waals surface area contributed by atoms with Crippen LogP contribution in [0.3, 0.4) is 0 Å². The van der Waals surface area contributed by atoms with E-state index in [-0.39, 0.29) is 29.7 Å². The van der Waals surface area contributed by atoms with Crippen LogP contribution in [-0.4, -0.2) is 69.4 Å². The molecular weight excluding hydrogens is 501 g/mol. The minimum absolute atomic E-state index is 0.0157. The van der Waals surface area contributed by atoms with E-state index in [1.54, 1.807) is 29.3 Å². The van der Waals surface area contributed by atoms with Crippen LogP contribution in [0, 0.1) is 5.82 Å². The van der Waals surface area contributed by atoms with Crippen molar-refractivity contribution in [2.75, 3.05) is 26.2 Å². The van der Waals surface area contributed by atoms with Gasteiger partial charge in [0, 0.05) is 67.1 Å². The Morgan fingerprint density at radius 3 is 2.53 bits per heavy atom. The zero-order valence-corrected chi connectivity index (χ0v) is 20.8. The van der Waals surface area contributed by atoms with E-state index in [0.717, 1.165) is 23.0 Å². The smallest absolute Gasteiger partial charge is 0.282 e. The topological polar surface area (TPSA) is 70.5 Å². The fourth-order valence-corrected chi connectivity index (χ4v) is 5.88. The van der Waals surface area contributed by atoms with Crippen LogP contribution >= 0.6 is 22.9 Å². The van der Waals surface area contributed by atoms with E-state index in [0.29, 0.717) is 41.8 Å². The molecule has 0 radical (unpaired) electrons. The fraction of sp³-hybridized carbons (Fsp3) is 0.269. The van der Waals surface area contributed by atoms with Gasteiger partial charge in [-0.2, -0.15) is 0 Å². The maximum Gasteiger partial charge on any atom is 0.282 e. The number of aromatic nitrogens is 2. The monoisotopic (exact) mass is 523 g/mol. The number of halogens is 2. The van der Waals surface area contributed by atoms with Crippen LogP contribution in [0.2, 0.25) is 5.02 Å². The first-order chi connectivity index (χ1) is 17.5. The van der Waals surface area contributed by atoms with Crippen LogP contribution in [0.15, 0.2) is 60.2 Å². The molecule has 1 N–H and O–H groups in total. The molecule has 10 heteroatoms. The molecule has 0 spiro atoms. The van der Waals surface area contributed by atoms with Gasteiger partial charge in [0.25, 0.3) is 11.8 Å². The van der Waals surface area contributed by atoms with Gasteiger partial charge in [-0.25, -0.2) is 9.37 Å². The highest BCUT2D eigenvalue weighted by molar-refractivity contribution is 7.11. The molecule has 2 aromatic heterocycles. The van der Waals surface area contributed by atoms with Gasteiger partial charge >= 0.3 is 0 Å². The van der Waals surface area contributed by atoms with Crippen molar-refractivity contribution in [1.82, 2.24) is 24.7 Å². The lowest BCUT2D eigenvalue weighted by Crippen LogP contribution is -2.62. The van der Waals surface area contributed by atoms with Crippen molar-refractivity contribution in [3.8, 4) is 5.69 Å². The van der Waals surface area contributed by atoms with Crippen LogP contribution in [0.1, 0.15) is 26.6 Å². The number of nitrogens with zero attached hydrogens (tertiary/aromatic N) is 4. The number of likely N-dealkylation sites (tertiary alicyclic amines) is 2. The Morgan fingerprint density at radius 1 is 1.00 bits per heavy atom. The highest BCUT2D eigenvalue weighted by atomic mass is 35.5. The van der Waals surface area contributed by atoms with Crippen LogP contribution in [-0.2, 0) is 0 Å². The maximum atomic E-state index is 13.3. The van der Waals surface area contributed by atoms with Crippen LogP contribution in [0.5, 0.6) is 0 Å². The third-order valence-electron chi connectivity index (χ3n) is 6.87. The Balaban J connectivity index is 1.08. The minimum Gasteiger partial charge on any atom is -0.335 e. The van der Waals surface area contributed by atoms with Crippen molar-refractivity contribution < 1.29 is 14.0 Å². The number of amides is 2. The van der Waals surface area contributed by atoms with Crippen molar-refractivity contribution in [2.24, 2.45) is 0 Å². The second-order valence-electron chi connectivity index (χ2n) is 9.17. The summed E-state index contributed by atoms with van der Waals surface area (Å²) in [7, 11) is 0. The lowest BCUT2D eigenvalue weighted by molar-refractivity contribution is 0.0553. The normalized spacial score (nSPS) is 18.1. The Kier molecular flexibility index (Phi) is 5.99. The van der Waals surface area contributed by atoms with Crippen molar-refractivity contribution in [3.63, 3.8) is 0 Å². The number of hydrogen-bond donors (Lipinski definition) is 1. The molecule has 0 saturated carbocycles. The first-order valence-electron chi connectivity index (χ1n) is 11.8. The molecular formula is C26H23ClFN5O2S. The zero-order valence-electron chi connectivity index (χ0n) is 19.2. The molecule has 2 aliphatic heterocycles. The minimum atomic E-state index is -0.294.